The van der Waals surface area contributed by atoms with Crippen LogP contribution in [0.25, 0.3) is 0 Å². The van der Waals surface area contributed by atoms with Gasteiger partial charge in [0.15, 0.2) is 0 Å². The fraction of sp³-hybridized carbons (Fsp3) is 0.562. The van der Waals surface area contributed by atoms with Gasteiger partial charge < -0.3 is 10.0 Å². The maximum Gasteiger partial charge on any atom is 0.306 e. The van der Waals surface area contributed by atoms with Crippen LogP contribution in [0.2, 0.25) is 10.0 Å². The predicted molar refractivity (Wildman–Crippen MR) is 85.9 cm³/mol. The molecule has 1 aromatic rings. The van der Waals surface area contributed by atoms with Crippen molar-refractivity contribution < 1.29 is 9.90 Å². The maximum atomic E-state index is 11.3. The van der Waals surface area contributed by atoms with Crippen LogP contribution in [0.5, 0.6) is 0 Å². The lowest BCUT2D eigenvalue weighted by Crippen LogP contribution is -2.35. The number of benzene rings is 1. The molecule has 116 valence electrons. The molecule has 1 saturated carbocycles. The monoisotopic (exact) mass is 329 g/mol. The van der Waals surface area contributed by atoms with E-state index < -0.39 is 5.97 Å². The maximum absolute atomic E-state index is 11.3. The number of hydrogen-bond acceptors (Lipinski definition) is 2. The van der Waals surface area contributed by atoms with E-state index in [4.69, 9.17) is 23.2 Å². The Hall–Kier alpha value is -0.770. The number of carbonyl (C=O) groups is 1. The van der Waals surface area contributed by atoms with Crippen LogP contribution in [0.3, 0.4) is 0 Å². The van der Waals surface area contributed by atoms with Crippen LogP contribution >= 0.6 is 23.2 Å². The lowest BCUT2D eigenvalue weighted by atomic mass is 9.79. The molecule has 0 radical (unpaired) electrons. The molecule has 0 saturated heterocycles. The molecule has 2 atom stereocenters. The Labute approximate surface area is 135 Å². The summed E-state index contributed by atoms with van der Waals surface area (Å²) in [6, 6.07) is 5.63. The Morgan fingerprint density at radius 1 is 1.29 bits per heavy atom. The van der Waals surface area contributed by atoms with Gasteiger partial charge in [0.25, 0.3) is 0 Å². The molecule has 1 aliphatic rings. The zero-order chi connectivity index (χ0) is 15.4. The second kappa shape index (κ2) is 7.48. The summed E-state index contributed by atoms with van der Waals surface area (Å²) in [4.78, 5) is 13.5. The van der Waals surface area contributed by atoms with Crippen molar-refractivity contribution in [3.8, 4) is 0 Å². The number of carboxylic acids is 1. The summed E-state index contributed by atoms with van der Waals surface area (Å²) < 4.78 is 0. The van der Waals surface area contributed by atoms with Gasteiger partial charge in [-0.1, -0.05) is 42.1 Å². The summed E-state index contributed by atoms with van der Waals surface area (Å²) in [5, 5.41) is 10.4. The van der Waals surface area contributed by atoms with E-state index in [9.17, 15) is 9.90 Å². The molecule has 3 nitrogen and oxygen atoms in total. The Bertz CT molecular complexity index is 507. The van der Waals surface area contributed by atoms with Gasteiger partial charge in [-0.05, 0) is 43.5 Å². The van der Waals surface area contributed by atoms with Gasteiger partial charge in [-0.15, -0.1) is 0 Å². The van der Waals surface area contributed by atoms with Gasteiger partial charge >= 0.3 is 5.97 Å². The SMILES string of the molecule is CN(Cc1ccc(Cl)c(Cl)c1)C[C@@H]1CCCC[C@@H]1C(=O)O. The van der Waals surface area contributed by atoms with E-state index in [2.05, 4.69) is 4.90 Å². The zero-order valence-corrected chi connectivity index (χ0v) is 13.7. The first-order valence-corrected chi connectivity index (χ1v) is 8.08. The van der Waals surface area contributed by atoms with Gasteiger partial charge in [0, 0.05) is 13.1 Å². The Morgan fingerprint density at radius 2 is 2.00 bits per heavy atom. The van der Waals surface area contributed by atoms with E-state index in [1.165, 1.54) is 0 Å². The first-order chi connectivity index (χ1) is 9.97. The number of carboxylic acid groups (broad SMARTS) is 1. The quantitative estimate of drug-likeness (QED) is 0.874. The number of nitrogens with zero attached hydrogens (tertiary/aromatic N) is 1. The molecule has 1 fully saturated rings. The highest BCUT2D eigenvalue weighted by atomic mass is 35.5. The number of hydrogen-bond donors (Lipinski definition) is 1. The minimum absolute atomic E-state index is 0.199. The molecular formula is C16H21Cl2NO2. The third kappa shape index (κ3) is 4.60. The minimum atomic E-state index is -0.650. The van der Waals surface area contributed by atoms with E-state index >= 15 is 0 Å². The largest absolute Gasteiger partial charge is 0.481 e. The first kappa shape index (κ1) is 16.6. The highest BCUT2D eigenvalue weighted by molar-refractivity contribution is 6.42. The summed E-state index contributed by atoms with van der Waals surface area (Å²) >= 11 is 11.9. The molecule has 21 heavy (non-hydrogen) atoms. The lowest BCUT2D eigenvalue weighted by molar-refractivity contribution is -0.145. The van der Waals surface area contributed by atoms with Crippen molar-refractivity contribution in [3.63, 3.8) is 0 Å². The van der Waals surface area contributed by atoms with Gasteiger partial charge in [-0.2, -0.15) is 0 Å². The summed E-state index contributed by atoms with van der Waals surface area (Å²) in [7, 11) is 2.02. The van der Waals surface area contributed by atoms with Crippen molar-refractivity contribution in [1.82, 2.24) is 4.90 Å². The summed E-state index contributed by atoms with van der Waals surface area (Å²) in [6.45, 7) is 1.55. The van der Waals surface area contributed by atoms with Gasteiger partial charge in [0.05, 0.1) is 16.0 Å². The normalized spacial score (nSPS) is 22.5. The van der Waals surface area contributed by atoms with Gasteiger partial charge in [-0.3, -0.25) is 4.79 Å². The van der Waals surface area contributed by atoms with Crippen LogP contribution in [0, 0.1) is 11.8 Å². The van der Waals surface area contributed by atoms with Crippen LogP contribution in [-0.4, -0.2) is 29.6 Å². The molecule has 1 N–H and O–H groups in total. The Balaban J connectivity index is 1.95. The second-order valence-electron chi connectivity index (χ2n) is 5.93. The predicted octanol–water partition coefficient (Wildman–Crippen LogP) is 4.32. The first-order valence-electron chi connectivity index (χ1n) is 7.32. The lowest BCUT2D eigenvalue weighted by Gasteiger charge is -2.32. The van der Waals surface area contributed by atoms with Crippen LogP contribution in [0.1, 0.15) is 31.2 Å². The van der Waals surface area contributed by atoms with Crippen LogP contribution in [-0.2, 0) is 11.3 Å². The third-order valence-corrected chi connectivity index (χ3v) is 4.95. The number of halogens is 2. The molecule has 0 aromatic heterocycles. The summed E-state index contributed by atoms with van der Waals surface area (Å²) in [6.07, 6.45) is 3.97. The Kier molecular flexibility index (Phi) is 5.91. The number of aliphatic carboxylic acids is 1. The highest BCUT2D eigenvalue weighted by Crippen LogP contribution is 2.31. The van der Waals surface area contributed by atoms with E-state index in [1.807, 2.05) is 19.2 Å². The average molecular weight is 330 g/mol. The standard InChI is InChI=1S/C16H21Cl2NO2/c1-19(9-11-6-7-14(17)15(18)8-11)10-12-4-2-3-5-13(12)16(20)21/h6-8,12-13H,2-5,9-10H2,1H3,(H,20,21)/t12-,13-/m0/s1. The molecule has 5 heteroatoms. The fourth-order valence-electron chi connectivity index (χ4n) is 3.17. The number of rotatable bonds is 5. The van der Waals surface area contributed by atoms with E-state index in [-0.39, 0.29) is 11.8 Å². The van der Waals surface area contributed by atoms with E-state index in [0.29, 0.717) is 10.0 Å². The smallest absolute Gasteiger partial charge is 0.306 e. The van der Waals surface area contributed by atoms with Crippen LogP contribution in [0.4, 0.5) is 0 Å². The highest BCUT2D eigenvalue weighted by Gasteiger charge is 2.31. The third-order valence-electron chi connectivity index (χ3n) is 4.21. The second-order valence-corrected chi connectivity index (χ2v) is 6.75. The molecule has 2 rings (SSSR count). The van der Waals surface area contributed by atoms with Crippen molar-refractivity contribution >= 4 is 29.2 Å². The van der Waals surface area contributed by atoms with Crippen molar-refractivity contribution in [2.45, 2.75) is 32.2 Å². The van der Waals surface area contributed by atoms with Gasteiger partial charge in [0.2, 0.25) is 0 Å². The minimum Gasteiger partial charge on any atom is -0.481 e. The van der Waals surface area contributed by atoms with E-state index in [0.717, 1.165) is 44.3 Å². The van der Waals surface area contributed by atoms with Gasteiger partial charge in [-0.25, -0.2) is 0 Å². The van der Waals surface area contributed by atoms with E-state index in [1.54, 1.807) is 6.07 Å². The fourth-order valence-corrected chi connectivity index (χ4v) is 3.49. The molecule has 1 aromatic carbocycles. The molecule has 0 heterocycles. The molecule has 1 aliphatic carbocycles. The zero-order valence-electron chi connectivity index (χ0n) is 12.2. The van der Waals surface area contributed by atoms with Crippen molar-refractivity contribution in [2.75, 3.05) is 13.6 Å². The molecule has 0 aliphatic heterocycles. The van der Waals surface area contributed by atoms with Gasteiger partial charge in [0.1, 0.15) is 0 Å². The van der Waals surface area contributed by atoms with Crippen LogP contribution < -0.4 is 0 Å². The average Bonchev–Trinajstić information content (AvgIpc) is 2.43. The molecule has 0 amide bonds. The van der Waals surface area contributed by atoms with Crippen molar-refractivity contribution in [2.24, 2.45) is 11.8 Å². The molecule has 0 spiro atoms. The topological polar surface area (TPSA) is 40.5 Å². The Morgan fingerprint density at radius 3 is 2.67 bits per heavy atom. The molecular weight excluding hydrogens is 309 g/mol. The molecule has 0 unspecified atom stereocenters. The molecule has 0 bridgehead atoms. The van der Waals surface area contributed by atoms with Crippen LogP contribution in [0.15, 0.2) is 18.2 Å². The van der Waals surface area contributed by atoms with Crippen molar-refractivity contribution in [3.05, 3.63) is 33.8 Å². The summed E-state index contributed by atoms with van der Waals surface area (Å²) in [5.41, 5.74) is 1.09. The summed E-state index contributed by atoms with van der Waals surface area (Å²) in [5.74, 6) is -0.610. The van der Waals surface area contributed by atoms with Crippen molar-refractivity contribution in [1.29, 1.82) is 0 Å².